The van der Waals surface area contributed by atoms with Gasteiger partial charge in [0, 0.05) is 38.4 Å². The minimum absolute atomic E-state index is 0. The number of halogens is 1. The summed E-state index contributed by atoms with van der Waals surface area (Å²) in [6.07, 6.45) is 4.65. The van der Waals surface area contributed by atoms with Crippen molar-refractivity contribution in [3.8, 4) is 0 Å². The Kier molecular flexibility index (Phi) is 9.85. The summed E-state index contributed by atoms with van der Waals surface area (Å²) in [5, 5.41) is 7.23. The fraction of sp³-hybridized carbons (Fsp3) is 0.600. The van der Waals surface area contributed by atoms with Crippen molar-refractivity contribution in [3.63, 3.8) is 0 Å². The number of anilines is 1. The number of likely N-dealkylation sites (tertiary alicyclic amines) is 1. The van der Waals surface area contributed by atoms with E-state index in [1.807, 2.05) is 20.9 Å². The van der Waals surface area contributed by atoms with E-state index in [0.717, 1.165) is 75.4 Å². The molecule has 0 aliphatic carbocycles. The van der Waals surface area contributed by atoms with Crippen molar-refractivity contribution in [2.45, 2.75) is 52.1 Å². The number of guanidine groups is 1. The normalized spacial score (nSPS) is 18.8. The van der Waals surface area contributed by atoms with Crippen LogP contribution in [0.15, 0.2) is 39.7 Å². The molecule has 7 nitrogen and oxygen atoms in total. The number of para-hydroxylation sites is 1. The van der Waals surface area contributed by atoms with Gasteiger partial charge >= 0.3 is 0 Å². The molecule has 2 saturated heterocycles. The van der Waals surface area contributed by atoms with Crippen LogP contribution in [0, 0.1) is 19.8 Å². The van der Waals surface area contributed by atoms with Crippen molar-refractivity contribution in [2.24, 2.45) is 10.9 Å². The van der Waals surface area contributed by atoms with Crippen molar-refractivity contribution in [3.05, 3.63) is 47.7 Å². The lowest BCUT2D eigenvalue weighted by Crippen LogP contribution is -2.50. The van der Waals surface area contributed by atoms with E-state index < -0.39 is 0 Å². The maximum absolute atomic E-state index is 5.75. The average molecular weight is 567 g/mol. The zero-order valence-electron chi connectivity index (χ0n) is 20.2. The van der Waals surface area contributed by atoms with E-state index in [1.165, 1.54) is 18.5 Å². The van der Waals surface area contributed by atoms with Crippen LogP contribution >= 0.6 is 24.0 Å². The molecule has 2 aliphatic heterocycles. The fourth-order valence-corrected chi connectivity index (χ4v) is 4.70. The van der Waals surface area contributed by atoms with Crippen LogP contribution in [0.2, 0.25) is 0 Å². The molecule has 0 spiro atoms. The van der Waals surface area contributed by atoms with Crippen molar-refractivity contribution < 1.29 is 4.42 Å². The number of oxazole rings is 1. The molecule has 1 aromatic carbocycles. The predicted molar refractivity (Wildman–Crippen MR) is 146 cm³/mol. The highest BCUT2D eigenvalue weighted by atomic mass is 127. The van der Waals surface area contributed by atoms with Crippen LogP contribution < -0.4 is 15.5 Å². The van der Waals surface area contributed by atoms with Crippen LogP contribution in [0.5, 0.6) is 0 Å². The molecule has 8 heteroatoms. The van der Waals surface area contributed by atoms with Crippen LogP contribution in [-0.2, 0) is 6.54 Å². The highest BCUT2D eigenvalue weighted by Crippen LogP contribution is 2.21. The summed E-state index contributed by atoms with van der Waals surface area (Å²) >= 11 is 0. The van der Waals surface area contributed by atoms with E-state index in [1.54, 1.807) is 0 Å². The Morgan fingerprint density at radius 3 is 2.36 bits per heavy atom. The molecule has 0 atom stereocenters. The molecule has 0 unspecified atom stereocenters. The quantitative estimate of drug-likeness (QED) is 0.314. The topological polar surface area (TPSA) is 68.9 Å². The van der Waals surface area contributed by atoms with Gasteiger partial charge in [0.05, 0.1) is 12.2 Å². The molecule has 182 valence electrons. The lowest BCUT2D eigenvalue weighted by Gasteiger charge is -2.35. The van der Waals surface area contributed by atoms with Gasteiger partial charge in [-0.3, -0.25) is 9.89 Å². The van der Waals surface area contributed by atoms with Crippen molar-refractivity contribution in [1.29, 1.82) is 0 Å². The van der Waals surface area contributed by atoms with Crippen LogP contribution in [0.3, 0.4) is 0 Å². The molecule has 1 aromatic heterocycles. The molecule has 0 saturated carbocycles. The molecule has 33 heavy (non-hydrogen) atoms. The van der Waals surface area contributed by atoms with E-state index in [2.05, 4.69) is 60.7 Å². The Labute approximate surface area is 215 Å². The first-order valence-corrected chi connectivity index (χ1v) is 12.0. The number of aryl methyl sites for hydroxylation is 2. The van der Waals surface area contributed by atoms with Gasteiger partial charge in [-0.05, 0) is 70.7 Å². The van der Waals surface area contributed by atoms with Gasteiger partial charge in [-0.2, -0.15) is 0 Å². The number of nitrogens with zero attached hydrogens (tertiary/aromatic N) is 4. The molecule has 0 bridgehead atoms. The second kappa shape index (κ2) is 12.6. The molecular weight excluding hydrogens is 527 g/mol. The summed E-state index contributed by atoms with van der Waals surface area (Å²) < 4.78 is 5.75. The number of hydrogen-bond donors (Lipinski definition) is 2. The van der Waals surface area contributed by atoms with E-state index in [0.29, 0.717) is 12.0 Å². The van der Waals surface area contributed by atoms with E-state index in [4.69, 9.17) is 4.42 Å². The largest absolute Gasteiger partial charge is 0.444 e. The van der Waals surface area contributed by atoms with E-state index >= 15 is 0 Å². The number of piperidine rings is 2. The van der Waals surface area contributed by atoms with Gasteiger partial charge in [0.2, 0.25) is 5.89 Å². The summed E-state index contributed by atoms with van der Waals surface area (Å²) in [6, 6.07) is 11.2. The SMILES string of the molecule is CN=C(NCC1CCN(Cc2nc(C)c(C)o2)CC1)NC1CCN(c2ccccc2)CC1.I. The van der Waals surface area contributed by atoms with Crippen LogP contribution in [-0.4, -0.2) is 61.7 Å². The Bertz CT molecular complexity index is 851. The minimum atomic E-state index is 0. The Morgan fingerprint density at radius 1 is 1.06 bits per heavy atom. The standard InChI is InChI=1S/C25H38N6O.HI/c1-19-20(2)32-24(28-19)18-30-13-9-21(10-14-30)17-27-25(26-3)29-22-11-15-31(16-12-22)23-7-5-4-6-8-23;/h4-8,21-22H,9-18H2,1-3H3,(H2,26,27,29);1H. The van der Waals surface area contributed by atoms with Gasteiger partial charge in [-0.15, -0.1) is 24.0 Å². The second-order valence-electron chi connectivity index (χ2n) is 9.16. The molecule has 4 rings (SSSR count). The smallest absolute Gasteiger partial charge is 0.208 e. The Hall–Kier alpha value is -1.81. The number of benzene rings is 1. The summed E-state index contributed by atoms with van der Waals surface area (Å²) in [7, 11) is 1.87. The Morgan fingerprint density at radius 2 is 1.76 bits per heavy atom. The number of aromatic nitrogens is 1. The lowest BCUT2D eigenvalue weighted by atomic mass is 9.97. The zero-order valence-corrected chi connectivity index (χ0v) is 22.5. The van der Waals surface area contributed by atoms with Crippen molar-refractivity contribution in [1.82, 2.24) is 20.5 Å². The van der Waals surface area contributed by atoms with Gasteiger partial charge in [0.1, 0.15) is 5.76 Å². The fourth-order valence-electron chi connectivity index (χ4n) is 4.70. The number of nitrogens with one attached hydrogen (secondary N) is 2. The van der Waals surface area contributed by atoms with E-state index in [-0.39, 0.29) is 24.0 Å². The van der Waals surface area contributed by atoms with E-state index in [9.17, 15) is 0 Å². The summed E-state index contributed by atoms with van der Waals surface area (Å²) in [5.74, 6) is 3.40. The molecule has 2 aromatic rings. The molecule has 0 radical (unpaired) electrons. The first kappa shape index (κ1) is 25.8. The van der Waals surface area contributed by atoms with Crippen LogP contribution in [0.1, 0.15) is 43.0 Å². The lowest BCUT2D eigenvalue weighted by molar-refractivity contribution is 0.164. The van der Waals surface area contributed by atoms with Gasteiger partial charge in [0.25, 0.3) is 0 Å². The second-order valence-corrected chi connectivity index (χ2v) is 9.16. The predicted octanol–water partition coefficient (Wildman–Crippen LogP) is 3.96. The molecule has 2 fully saturated rings. The zero-order chi connectivity index (χ0) is 22.3. The number of aliphatic imine (C=N–C) groups is 1. The molecule has 2 aliphatic rings. The highest BCUT2D eigenvalue weighted by Gasteiger charge is 2.23. The summed E-state index contributed by atoms with van der Waals surface area (Å²) in [5.41, 5.74) is 2.33. The summed E-state index contributed by atoms with van der Waals surface area (Å²) in [4.78, 5) is 13.9. The van der Waals surface area contributed by atoms with Gasteiger partial charge in [0.15, 0.2) is 5.96 Å². The van der Waals surface area contributed by atoms with Crippen molar-refractivity contribution >= 4 is 35.6 Å². The molecule has 0 amide bonds. The Balaban J connectivity index is 0.00000306. The first-order chi connectivity index (χ1) is 15.6. The third-order valence-electron chi connectivity index (χ3n) is 6.88. The third-order valence-corrected chi connectivity index (χ3v) is 6.88. The minimum Gasteiger partial charge on any atom is -0.444 e. The van der Waals surface area contributed by atoms with Gasteiger partial charge < -0.3 is 20.0 Å². The maximum atomic E-state index is 5.75. The van der Waals surface area contributed by atoms with Gasteiger partial charge in [-0.1, -0.05) is 18.2 Å². The maximum Gasteiger partial charge on any atom is 0.208 e. The molecular formula is C25H39IN6O. The van der Waals surface area contributed by atoms with Crippen LogP contribution in [0.25, 0.3) is 0 Å². The molecule has 3 heterocycles. The monoisotopic (exact) mass is 566 g/mol. The summed E-state index contributed by atoms with van der Waals surface area (Å²) in [6.45, 7) is 10.1. The van der Waals surface area contributed by atoms with Crippen molar-refractivity contribution in [2.75, 3.05) is 44.7 Å². The van der Waals surface area contributed by atoms with Gasteiger partial charge in [-0.25, -0.2) is 4.98 Å². The molecule has 2 N–H and O–H groups in total. The number of hydrogen-bond acceptors (Lipinski definition) is 5. The highest BCUT2D eigenvalue weighted by molar-refractivity contribution is 14.0. The first-order valence-electron chi connectivity index (χ1n) is 12.0. The average Bonchev–Trinajstić information content (AvgIpc) is 3.15. The third kappa shape index (κ3) is 7.34. The number of rotatable bonds is 6. The van der Waals surface area contributed by atoms with Crippen LogP contribution in [0.4, 0.5) is 5.69 Å².